The first-order chi connectivity index (χ1) is 11.6. The van der Waals surface area contributed by atoms with Gasteiger partial charge in [-0.15, -0.1) is 5.10 Å². The van der Waals surface area contributed by atoms with Crippen LogP contribution in [0.4, 0.5) is 0 Å². The molecule has 1 N–H and O–H groups in total. The number of nitrogens with one attached hydrogen (secondary N) is 1. The fraction of sp³-hybridized carbons (Fsp3) is 0.471. The number of carbonyl (C=O) groups is 1. The number of hydrogen-bond acceptors (Lipinski definition) is 5. The van der Waals surface area contributed by atoms with Gasteiger partial charge in [0, 0.05) is 12.7 Å². The van der Waals surface area contributed by atoms with Crippen LogP contribution in [0.3, 0.4) is 0 Å². The predicted molar refractivity (Wildman–Crippen MR) is 88.6 cm³/mol. The van der Waals surface area contributed by atoms with Gasteiger partial charge in [0.2, 0.25) is 0 Å². The molecule has 2 heterocycles. The first-order valence-electron chi connectivity index (χ1n) is 8.09. The third-order valence-corrected chi connectivity index (χ3v) is 4.29. The summed E-state index contributed by atoms with van der Waals surface area (Å²) in [5.41, 5.74) is 1.80. The number of methoxy groups -OCH3 is 1. The summed E-state index contributed by atoms with van der Waals surface area (Å²) < 4.78 is 12.5. The lowest BCUT2D eigenvalue weighted by Crippen LogP contribution is -2.41. The molecule has 0 saturated carbocycles. The first-order valence-corrected chi connectivity index (χ1v) is 8.09. The Kier molecular flexibility index (Phi) is 4.80. The van der Waals surface area contributed by atoms with Crippen LogP contribution in [0.15, 0.2) is 24.3 Å². The van der Waals surface area contributed by atoms with Gasteiger partial charge in [-0.3, -0.25) is 4.79 Å². The smallest absolute Gasteiger partial charge is 0.274 e. The minimum Gasteiger partial charge on any atom is -0.497 e. The number of aromatic nitrogens is 3. The number of rotatable bonds is 5. The highest BCUT2D eigenvalue weighted by atomic mass is 16.5. The van der Waals surface area contributed by atoms with Crippen molar-refractivity contribution in [3.8, 4) is 11.4 Å². The molecular formula is C17H22N4O3. The molecule has 3 rings (SSSR count). The maximum absolute atomic E-state index is 12.5. The molecule has 128 valence electrons. The molecule has 1 aliphatic rings. The molecular weight excluding hydrogens is 308 g/mol. The van der Waals surface area contributed by atoms with Crippen LogP contribution in [0.1, 0.15) is 35.9 Å². The molecule has 0 bridgehead atoms. The molecule has 2 atom stereocenters. The van der Waals surface area contributed by atoms with E-state index in [4.69, 9.17) is 9.47 Å². The third kappa shape index (κ3) is 3.26. The van der Waals surface area contributed by atoms with Crippen molar-refractivity contribution in [2.45, 2.75) is 38.8 Å². The van der Waals surface area contributed by atoms with E-state index >= 15 is 0 Å². The van der Waals surface area contributed by atoms with Gasteiger partial charge in [0.1, 0.15) is 5.75 Å². The summed E-state index contributed by atoms with van der Waals surface area (Å²) in [5.74, 6) is 0.491. The van der Waals surface area contributed by atoms with E-state index in [0.29, 0.717) is 11.4 Å². The third-order valence-electron chi connectivity index (χ3n) is 4.29. The summed E-state index contributed by atoms with van der Waals surface area (Å²) in [6.07, 6.45) is 2.08. The average Bonchev–Trinajstić information content (AvgIpc) is 3.24. The maximum Gasteiger partial charge on any atom is 0.274 e. The molecule has 0 aliphatic carbocycles. The standard InChI is InChI=1S/C17H22N4O3/c1-11(15-8-5-9-24-15)18-17(22)16-12(2)21(20-19-16)13-6-4-7-14(10-13)23-3/h4,6-7,10-11,15H,5,8-9H2,1-3H3,(H,18,22)/t11-,15-/m1/s1. The molecule has 0 unspecified atom stereocenters. The lowest BCUT2D eigenvalue weighted by atomic mass is 10.1. The van der Waals surface area contributed by atoms with Crippen molar-refractivity contribution in [2.24, 2.45) is 0 Å². The van der Waals surface area contributed by atoms with E-state index in [9.17, 15) is 4.79 Å². The Hall–Kier alpha value is -2.41. The number of amides is 1. The molecule has 1 aliphatic heterocycles. The van der Waals surface area contributed by atoms with E-state index in [0.717, 1.165) is 30.9 Å². The number of ether oxygens (including phenoxy) is 2. The summed E-state index contributed by atoms with van der Waals surface area (Å²) in [6, 6.07) is 7.40. The van der Waals surface area contributed by atoms with Crippen LogP contribution in [0.2, 0.25) is 0 Å². The normalized spacial score (nSPS) is 18.4. The van der Waals surface area contributed by atoms with Gasteiger partial charge in [0.15, 0.2) is 5.69 Å². The zero-order valence-electron chi connectivity index (χ0n) is 14.2. The Morgan fingerprint density at radius 2 is 2.33 bits per heavy atom. The molecule has 0 spiro atoms. The lowest BCUT2D eigenvalue weighted by molar-refractivity contribution is 0.0709. The second-order valence-corrected chi connectivity index (χ2v) is 5.95. The van der Waals surface area contributed by atoms with Gasteiger partial charge in [-0.2, -0.15) is 0 Å². The topological polar surface area (TPSA) is 78.3 Å². The average molecular weight is 330 g/mol. The SMILES string of the molecule is COc1cccc(-n2nnc(C(=O)N[C@H](C)[C@H]3CCCO3)c2C)c1. The Morgan fingerprint density at radius 3 is 3.04 bits per heavy atom. The lowest BCUT2D eigenvalue weighted by Gasteiger charge is -2.19. The van der Waals surface area contributed by atoms with Crippen LogP contribution in [-0.4, -0.2) is 46.8 Å². The van der Waals surface area contributed by atoms with E-state index in [2.05, 4.69) is 15.6 Å². The van der Waals surface area contributed by atoms with E-state index in [-0.39, 0.29) is 18.1 Å². The zero-order valence-corrected chi connectivity index (χ0v) is 14.2. The van der Waals surface area contributed by atoms with Gasteiger partial charge < -0.3 is 14.8 Å². The predicted octanol–water partition coefficient (Wildman–Crippen LogP) is 1.88. The molecule has 1 amide bonds. The fourth-order valence-electron chi connectivity index (χ4n) is 2.89. The summed E-state index contributed by atoms with van der Waals surface area (Å²) in [4.78, 5) is 12.5. The van der Waals surface area contributed by atoms with E-state index in [1.54, 1.807) is 11.8 Å². The number of nitrogens with zero attached hydrogens (tertiary/aromatic N) is 3. The number of benzene rings is 1. The molecule has 1 aromatic carbocycles. The van der Waals surface area contributed by atoms with Crippen molar-refractivity contribution in [1.82, 2.24) is 20.3 Å². The molecule has 7 heteroatoms. The zero-order chi connectivity index (χ0) is 17.1. The van der Waals surface area contributed by atoms with Crippen molar-refractivity contribution in [3.63, 3.8) is 0 Å². The van der Waals surface area contributed by atoms with Crippen LogP contribution in [0.5, 0.6) is 5.75 Å². The molecule has 2 aromatic rings. The van der Waals surface area contributed by atoms with Gasteiger partial charge in [-0.05, 0) is 38.8 Å². The highest BCUT2D eigenvalue weighted by molar-refractivity contribution is 5.93. The molecule has 1 aromatic heterocycles. The van der Waals surface area contributed by atoms with Gasteiger partial charge in [-0.25, -0.2) is 4.68 Å². The van der Waals surface area contributed by atoms with E-state index in [1.807, 2.05) is 38.1 Å². The minimum atomic E-state index is -0.232. The molecule has 0 radical (unpaired) electrons. The van der Waals surface area contributed by atoms with Gasteiger partial charge in [0.05, 0.1) is 30.6 Å². The summed E-state index contributed by atoms with van der Waals surface area (Å²) >= 11 is 0. The van der Waals surface area contributed by atoms with Crippen molar-refractivity contribution in [2.75, 3.05) is 13.7 Å². The Bertz CT molecular complexity index is 722. The van der Waals surface area contributed by atoms with Crippen molar-refractivity contribution < 1.29 is 14.3 Å². The molecule has 1 saturated heterocycles. The van der Waals surface area contributed by atoms with Gasteiger partial charge in [-0.1, -0.05) is 11.3 Å². The van der Waals surface area contributed by atoms with Crippen LogP contribution >= 0.6 is 0 Å². The van der Waals surface area contributed by atoms with Gasteiger partial charge in [0.25, 0.3) is 5.91 Å². The Balaban J connectivity index is 1.77. The number of carbonyl (C=O) groups excluding carboxylic acids is 1. The van der Waals surface area contributed by atoms with E-state index in [1.165, 1.54) is 0 Å². The molecule has 7 nitrogen and oxygen atoms in total. The molecule has 1 fully saturated rings. The van der Waals surface area contributed by atoms with Gasteiger partial charge >= 0.3 is 0 Å². The quantitative estimate of drug-likeness (QED) is 0.905. The van der Waals surface area contributed by atoms with Crippen LogP contribution < -0.4 is 10.1 Å². The highest BCUT2D eigenvalue weighted by Gasteiger charge is 2.26. The second-order valence-electron chi connectivity index (χ2n) is 5.95. The fourth-order valence-corrected chi connectivity index (χ4v) is 2.89. The Labute approximate surface area is 141 Å². The van der Waals surface area contributed by atoms with Crippen LogP contribution in [0, 0.1) is 6.92 Å². The summed E-state index contributed by atoms with van der Waals surface area (Å²) in [7, 11) is 1.61. The minimum absolute atomic E-state index is 0.0543. The highest BCUT2D eigenvalue weighted by Crippen LogP contribution is 2.19. The number of hydrogen-bond donors (Lipinski definition) is 1. The van der Waals surface area contributed by atoms with Crippen molar-refractivity contribution >= 4 is 5.91 Å². The van der Waals surface area contributed by atoms with E-state index < -0.39 is 0 Å². The maximum atomic E-state index is 12.5. The monoisotopic (exact) mass is 330 g/mol. The second kappa shape index (κ2) is 7.00. The van der Waals surface area contributed by atoms with Crippen LogP contribution in [-0.2, 0) is 4.74 Å². The Morgan fingerprint density at radius 1 is 1.50 bits per heavy atom. The first kappa shape index (κ1) is 16.4. The van der Waals surface area contributed by atoms with Crippen molar-refractivity contribution in [3.05, 3.63) is 35.7 Å². The summed E-state index contributed by atoms with van der Waals surface area (Å²) in [5, 5.41) is 11.1. The van der Waals surface area contributed by atoms with Crippen LogP contribution in [0.25, 0.3) is 5.69 Å². The molecule has 24 heavy (non-hydrogen) atoms. The largest absolute Gasteiger partial charge is 0.497 e. The van der Waals surface area contributed by atoms with Crippen molar-refractivity contribution in [1.29, 1.82) is 0 Å². The summed E-state index contributed by atoms with van der Waals surface area (Å²) in [6.45, 7) is 4.54.